The van der Waals surface area contributed by atoms with Gasteiger partial charge in [-0.1, -0.05) is 0 Å². The van der Waals surface area contributed by atoms with Crippen LogP contribution in [0.25, 0.3) is 11.0 Å². The Morgan fingerprint density at radius 1 is 1.31 bits per heavy atom. The van der Waals surface area contributed by atoms with Crippen LogP contribution in [0.4, 0.5) is 5.69 Å². The molecule has 132 valence electrons. The number of aromatic nitrogens is 2. The van der Waals surface area contributed by atoms with Gasteiger partial charge in [0, 0.05) is 24.1 Å². The van der Waals surface area contributed by atoms with Crippen LogP contribution in [0.15, 0.2) is 36.7 Å². The van der Waals surface area contributed by atoms with Crippen molar-refractivity contribution in [2.24, 2.45) is 0 Å². The molecule has 2 atom stereocenters. The number of aromatic amines is 1. The third kappa shape index (κ3) is 2.18. The molecule has 4 N–H and O–H groups in total. The zero-order chi connectivity index (χ0) is 17.8. The van der Waals surface area contributed by atoms with Crippen molar-refractivity contribution in [1.29, 1.82) is 0 Å². The molecule has 26 heavy (non-hydrogen) atoms. The van der Waals surface area contributed by atoms with Crippen molar-refractivity contribution in [2.75, 3.05) is 12.3 Å². The molecule has 0 unspecified atom stereocenters. The lowest BCUT2D eigenvalue weighted by atomic mass is 9.88. The number of phenolic OH excluding ortho intramolecular Hbond substituents is 1. The second-order valence-corrected chi connectivity index (χ2v) is 7.26. The molecule has 1 aliphatic carbocycles. The van der Waals surface area contributed by atoms with Crippen LogP contribution < -0.4 is 5.73 Å². The monoisotopic (exact) mass is 348 g/mol. The average Bonchev–Trinajstić information content (AvgIpc) is 3.25. The minimum atomic E-state index is 0.0567. The van der Waals surface area contributed by atoms with E-state index >= 15 is 0 Å². The van der Waals surface area contributed by atoms with E-state index in [-0.39, 0.29) is 23.6 Å². The van der Waals surface area contributed by atoms with Crippen LogP contribution in [-0.2, 0) is 6.42 Å². The number of aromatic hydroxyl groups is 1. The van der Waals surface area contributed by atoms with Crippen molar-refractivity contribution < 1.29 is 9.90 Å². The summed E-state index contributed by atoms with van der Waals surface area (Å²) in [6, 6.07) is 9.39. The largest absolute Gasteiger partial charge is 0.506 e. The lowest BCUT2D eigenvalue weighted by molar-refractivity contribution is 0.0595. The molecule has 1 fully saturated rings. The quantitative estimate of drug-likeness (QED) is 0.465. The number of imidazole rings is 1. The molecule has 1 amide bonds. The first kappa shape index (κ1) is 15.3. The maximum atomic E-state index is 13.2. The maximum Gasteiger partial charge on any atom is 0.254 e. The molecule has 2 aliphatic rings. The van der Waals surface area contributed by atoms with Crippen molar-refractivity contribution in [3.63, 3.8) is 0 Å². The minimum Gasteiger partial charge on any atom is -0.506 e. The first-order valence-electron chi connectivity index (χ1n) is 8.97. The van der Waals surface area contributed by atoms with E-state index in [1.807, 2.05) is 29.2 Å². The number of likely N-dealkylation sites (tertiary alicyclic amines) is 1. The number of rotatable bonds is 1. The maximum absolute atomic E-state index is 13.2. The summed E-state index contributed by atoms with van der Waals surface area (Å²) in [6.45, 7) is 0.760. The second-order valence-electron chi connectivity index (χ2n) is 7.26. The van der Waals surface area contributed by atoms with Gasteiger partial charge >= 0.3 is 0 Å². The third-order valence-electron chi connectivity index (χ3n) is 5.82. The van der Waals surface area contributed by atoms with Gasteiger partial charge in [-0.05, 0) is 60.7 Å². The minimum absolute atomic E-state index is 0.0567. The van der Waals surface area contributed by atoms with Crippen molar-refractivity contribution in [1.82, 2.24) is 14.9 Å². The van der Waals surface area contributed by atoms with Gasteiger partial charge in [-0.15, -0.1) is 0 Å². The van der Waals surface area contributed by atoms with Gasteiger partial charge in [-0.2, -0.15) is 0 Å². The van der Waals surface area contributed by atoms with Gasteiger partial charge in [0.2, 0.25) is 0 Å². The van der Waals surface area contributed by atoms with E-state index in [1.165, 1.54) is 0 Å². The summed E-state index contributed by atoms with van der Waals surface area (Å²) >= 11 is 0. The molecule has 0 saturated carbocycles. The zero-order valence-corrected chi connectivity index (χ0v) is 14.3. The molecule has 2 aromatic carbocycles. The summed E-state index contributed by atoms with van der Waals surface area (Å²) in [7, 11) is 0. The second kappa shape index (κ2) is 5.49. The number of anilines is 1. The summed E-state index contributed by atoms with van der Waals surface area (Å²) in [5.74, 6) is 0.462. The number of nitrogens with zero attached hydrogens (tertiary/aromatic N) is 2. The van der Waals surface area contributed by atoms with E-state index in [2.05, 4.69) is 9.97 Å². The fourth-order valence-electron chi connectivity index (χ4n) is 4.57. The predicted molar refractivity (Wildman–Crippen MR) is 99.1 cm³/mol. The number of carbonyl (C=O) groups excluding carboxylic acids is 1. The van der Waals surface area contributed by atoms with Crippen LogP contribution in [0.5, 0.6) is 5.75 Å². The first-order valence-corrected chi connectivity index (χ1v) is 8.97. The van der Waals surface area contributed by atoms with Crippen molar-refractivity contribution in [2.45, 2.75) is 31.2 Å². The molecule has 1 aliphatic heterocycles. The molecule has 6 nitrogen and oxygen atoms in total. The Hall–Kier alpha value is -3.02. The van der Waals surface area contributed by atoms with Gasteiger partial charge in [0.1, 0.15) is 5.75 Å². The number of fused-ring (bicyclic) bond motifs is 4. The number of hydrogen-bond acceptors (Lipinski definition) is 4. The van der Waals surface area contributed by atoms with Crippen LogP contribution in [0.1, 0.15) is 40.2 Å². The number of amides is 1. The Morgan fingerprint density at radius 2 is 2.19 bits per heavy atom. The summed E-state index contributed by atoms with van der Waals surface area (Å²) in [4.78, 5) is 22.5. The standard InChI is InChI=1S/C20H20N4O2/c21-15-6-12-8-18-13(14(12)9-19(15)25)2-1-5-24(18)20(26)11-3-4-16-17(7-11)23-10-22-16/h3-4,6-7,9-10,13,18,25H,1-2,5,8,21H2,(H,22,23)/t13-,18+/m0/s1. The lowest BCUT2D eigenvalue weighted by Crippen LogP contribution is -2.46. The Kier molecular flexibility index (Phi) is 3.22. The number of phenols is 1. The Bertz CT molecular complexity index is 1030. The van der Waals surface area contributed by atoms with Crippen LogP contribution in [0.3, 0.4) is 0 Å². The van der Waals surface area contributed by atoms with E-state index < -0.39 is 0 Å². The predicted octanol–water partition coefficient (Wildman–Crippen LogP) is 2.80. The Balaban J connectivity index is 1.49. The molecule has 1 aromatic heterocycles. The normalized spacial score (nSPS) is 21.6. The highest BCUT2D eigenvalue weighted by Crippen LogP contribution is 2.45. The van der Waals surface area contributed by atoms with Crippen LogP contribution in [-0.4, -0.2) is 38.5 Å². The highest BCUT2D eigenvalue weighted by Gasteiger charge is 2.41. The average molecular weight is 348 g/mol. The molecular weight excluding hydrogens is 328 g/mol. The highest BCUT2D eigenvalue weighted by atomic mass is 16.3. The van der Waals surface area contributed by atoms with Gasteiger partial charge in [0.15, 0.2) is 0 Å². The Morgan fingerprint density at radius 3 is 3.08 bits per heavy atom. The summed E-state index contributed by atoms with van der Waals surface area (Å²) in [5, 5.41) is 9.99. The number of benzene rings is 2. The fourth-order valence-corrected chi connectivity index (χ4v) is 4.57. The van der Waals surface area contributed by atoms with Crippen LogP contribution in [0.2, 0.25) is 0 Å². The molecule has 2 heterocycles. The highest BCUT2D eigenvalue weighted by molar-refractivity contribution is 5.97. The van der Waals surface area contributed by atoms with Crippen LogP contribution in [0, 0.1) is 0 Å². The number of nitrogens with one attached hydrogen (secondary N) is 1. The summed E-state index contributed by atoms with van der Waals surface area (Å²) in [6.07, 6.45) is 4.43. The van der Waals surface area contributed by atoms with E-state index in [0.717, 1.165) is 48.0 Å². The number of nitrogens with two attached hydrogens (primary N) is 1. The van der Waals surface area contributed by atoms with E-state index in [4.69, 9.17) is 5.73 Å². The van der Waals surface area contributed by atoms with Crippen molar-refractivity contribution in [3.05, 3.63) is 53.3 Å². The molecule has 0 spiro atoms. The van der Waals surface area contributed by atoms with E-state index in [0.29, 0.717) is 11.3 Å². The molecule has 1 saturated heterocycles. The Labute approximate surface area is 150 Å². The lowest BCUT2D eigenvalue weighted by Gasteiger charge is -2.38. The summed E-state index contributed by atoms with van der Waals surface area (Å²) < 4.78 is 0. The van der Waals surface area contributed by atoms with E-state index in [9.17, 15) is 9.90 Å². The molecular formula is C20H20N4O2. The molecule has 5 rings (SSSR count). The van der Waals surface area contributed by atoms with Gasteiger partial charge in [0.05, 0.1) is 23.0 Å². The molecule has 0 bridgehead atoms. The number of hydrogen-bond donors (Lipinski definition) is 3. The summed E-state index contributed by atoms with van der Waals surface area (Å²) in [5.41, 5.74) is 11.0. The van der Waals surface area contributed by atoms with E-state index in [1.54, 1.807) is 12.4 Å². The smallest absolute Gasteiger partial charge is 0.254 e. The third-order valence-corrected chi connectivity index (χ3v) is 5.82. The molecule has 3 aromatic rings. The van der Waals surface area contributed by atoms with Gasteiger partial charge in [0.25, 0.3) is 5.91 Å². The van der Waals surface area contributed by atoms with Crippen LogP contribution >= 0.6 is 0 Å². The number of nitrogen functional groups attached to an aromatic ring is 1. The fraction of sp³-hybridized carbons (Fsp3) is 0.300. The van der Waals surface area contributed by atoms with Gasteiger partial charge in [-0.3, -0.25) is 4.79 Å². The number of H-pyrrole nitrogens is 1. The molecule has 6 heteroatoms. The number of piperidine rings is 1. The topological polar surface area (TPSA) is 95.2 Å². The zero-order valence-electron chi connectivity index (χ0n) is 14.3. The SMILES string of the molecule is Nc1cc2c(cc1O)[C@@H]1CCCN(C(=O)c3ccc4nc[nH]c4c3)[C@@H]1C2. The van der Waals surface area contributed by atoms with Crippen molar-refractivity contribution in [3.8, 4) is 5.75 Å². The molecule has 0 radical (unpaired) electrons. The van der Waals surface area contributed by atoms with Gasteiger partial charge in [-0.25, -0.2) is 4.98 Å². The first-order chi connectivity index (χ1) is 12.6. The van der Waals surface area contributed by atoms with Crippen molar-refractivity contribution >= 4 is 22.6 Å². The van der Waals surface area contributed by atoms with Gasteiger partial charge < -0.3 is 20.7 Å². The number of carbonyl (C=O) groups is 1.